The maximum absolute atomic E-state index is 13.0. The molecule has 6 heteroatoms. The molecule has 2 rings (SSSR count). The van der Waals surface area contributed by atoms with Crippen molar-refractivity contribution in [2.75, 3.05) is 26.2 Å². The predicted octanol–water partition coefficient (Wildman–Crippen LogP) is 1.80. The Kier molecular flexibility index (Phi) is 6.05. The molecule has 2 aliphatic rings. The summed E-state index contributed by atoms with van der Waals surface area (Å²) in [5.41, 5.74) is 5.89. The second-order valence-electron chi connectivity index (χ2n) is 6.66. The van der Waals surface area contributed by atoms with E-state index in [4.69, 9.17) is 5.73 Å². The highest BCUT2D eigenvalue weighted by Crippen LogP contribution is 2.31. The molecule has 1 saturated heterocycles. The first-order chi connectivity index (χ1) is 10.0. The minimum absolute atomic E-state index is 0.0935. The fourth-order valence-corrected chi connectivity index (χ4v) is 5.96. The van der Waals surface area contributed by atoms with E-state index in [0.29, 0.717) is 38.0 Å². The van der Waals surface area contributed by atoms with Crippen LogP contribution in [-0.2, 0) is 10.2 Å². The summed E-state index contributed by atoms with van der Waals surface area (Å²) in [6.45, 7) is 6.57. The Morgan fingerprint density at radius 1 is 1.19 bits per heavy atom. The van der Waals surface area contributed by atoms with Crippen LogP contribution in [0.15, 0.2) is 0 Å². The van der Waals surface area contributed by atoms with Gasteiger partial charge in [0, 0.05) is 25.7 Å². The molecule has 0 bridgehead atoms. The summed E-state index contributed by atoms with van der Waals surface area (Å²) in [4.78, 5) is 0. The number of piperidine rings is 1. The lowest BCUT2D eigenvalue weighted by atomic mass is 9.84. The minimum Gasteiger partial charge on any atom is -0.330 e. The van der Waals surface area contributed by atoms with Crippen molar-refractivity contribution in [3.63, 3.8) is 0 Å². The van der Waals surface area contributed by atoms with Crippen LogP contribution in [0.2, 0.25) is 0 Å². The van der Waals surface area contributed by atoms with Crippen LogP contribution in [0.1, 0.15) is 52.4 Å². The minimum atomic E-state index is -3.34. The van der Waals surface area contributed by atoms with Crippen molar-refractivity contribution in [1.82, 2.24) is 8.61 Å². The first-order valence-corrected chi connectivity index (χ1v) is 9.87. The van der Waals surface area contributed by atoms with Crippen LogP contribution in [0.5, 0.6) is 0 Å². The average molecular weight is 317 g/mol. The van der Waals surface area contributed by atoms with Crippen LogP contribution in [0.25, 0.3) is 0 Å². The maximum atomic E-state index is 13.0. The Hall–Kier alpha value is -0.170. The van der Waals surface area contributed by atoms with Gasteiger partial charge >= 0.3 is 0 Å². The summed E-state index contributed by atoms with van der Waals surface area (Å²) in [6, 6.07) is 0.0935. The fourth-order valence-electron chi connectivity index (χ4n) is 3.92. The van der Waals surface area contributed by atoms with Crippen molar-refractivity contribution >= 4 is 10.2 Å². The van der Waals surface area contributed by atoms with Crippen LogP contribution >= 0.6 is 0 Å². The maximum Gasteiger partial charge on any atom is 0.282 e. The molecule has 2 fully saturated rings. The summed E-state index contributed by atoms with van der Waals surface area (Å²) in [7, 11) is -3.34. The molecular weight excluding hydrogens is 286 g/mol. The Balaban J connectivity index is 2.17. The molecule has 2 N–H and O–H groups in total. The van der Waals surface area contributed by atoms with Gasteiger partial charge in [0.15, 0.2) is 0 Å². The largest absolute Gasteiger partial charge is 0.330 e. The summed E-state index contributed by atoms with van der Waals surface area (Å²) in [6.07, 6.45) is 6.41. The third-order valence-electron chi connectivity index (χ3n) is 5.10. The fraction of sp³-hybridized carbons (Fsp3) is 1.00. The highest BCUT2D eigenvalue weighted by Gasteiger charge is 2.39. The van der Waals surface area contributed by atoms with Gasteiger partial charge in [-0.2, -0.15) is 17.0 Å². The Morgan fingerprint density at radius 3 is 2.52 bits per heavy atom. The van der Waals surface area contributed by atoms with Gasteiger partial charge < -0.3 is 5.73 Å². The van der Waals surface area contributed by atoms with E-state index in [1.54, 1.807) is 8.61 Å². The van der Waals surface area contributed by atoms with Gasteiger partial charge in [0.05, 0.1) is 0 Å². The molecule has 0 amide bonds. The summed E-state index contributed by atoms with van der Waals surface area (Å²) in [5.74, 6) is 0.777. The van der Waals surface area contributed by atoms with E-state index in [1.807, 2.05) is 6.92 Å². The van der Waals surface area contributed by atoms with Crippen molar-refractivity contribution in [2.24, 2.45) is 17.6 Å². The highest BCUT2D eigenvalue weighted by molar-refractivity contribution is 7.86. The van der Waals surface area contributed by atoms with E-state index in [9.17, 15) is 8.42 Å². The van der Waals surface area contributed by atoms with Crippen LogP contribution in [0.3, 0.4) is 0 Å². The number of rotatable bonds is 5. The molecule has 21 heavy (non-hydrogen) atoms. The molecule has 1 aliphatic heterocycles. The van der Waals surface area contributed by atoms with E-state index < -0.39 is 10.2 Å². The quantitative estimate of drug-likeness (QED) is 0.841. The predicted molar refractivity (Wildman–Crippen MR) is 86.1 cm³/mol. The lowest BCUT2D eigenvalue weighted by molar-refractivity contribution is 0.170. The van der Waals surface area contributed by atoms with Crippen LogP contribution in [0.4, 0.5) is 0 Å². The Bertz CT molecular complexity index is 427. The number of hydrogen-bond acceptors (Lipinski definition) is 3. The SMILES string of the molecule is CCN(C1CCCCC1CN)S(=O)(=O)N1CCCC(C)C1. The summed E-state index contributed by atoms with van der Waals surface area (Å²) >= 11 is 0. The molecule has 5 nitrogen and oxygen atoms in total. The molecule has 3 unspecified atom stereocenters. The van der Waals surface area contributed by atoms with Crippen molar-refractivity contribution < 1.29 is 8.42 Å². The van der Waals surface area contributed by atoms with Crippen LogP contribution < -0.4 is 5.73 Å². The monoisotopic (exact) mass is 317 g/mol. The van der Waals surface area contributed by atoms with E-state index >= 15 is 0 Å². The number of nitrogens with zero attached hydrogens (tertiary/aromatic N) is 2. The zero-order valence-electron chi connectivity index (χ0n) is 13.5. The second-order valence-corrected chi connectivity index (χ2v) is 8.55. The highest BCUT2D eigenvalue weighted by atomic mass is 32.2. The molecule has 0 aromatic rings. The van der Waals surface area contributed by atoms with E-state index in [-0.39, 0.29) is 6.04 Å². The topological polar surface area (TPSA) is 66.6 Å². The smallest absolute Gasteiger partial charge is 0.282 e. The Labute approximate surface area is 130 Å². The van der Waals surface area contributed by atoms with Gasteiger partial charge in [0.2, 0.25) is 0 Å². The van der Waals surface area contributed by atoms with Crippen molar-refractivity contribution in [2.45, 2.75) is 58.4 Å². The number of hydrogen-bond donors (Lipinski definition) is 1. The van der Waals surface area contributed by atoms with Crippen molar-refractivity contribution in [1.29, 1.82) is 0 Å². The molecule has 1 saturated carbocycles. The average Bonchev–Trinajstić information content (AvgIpc) is 2.48. The first-order valence-electron chi connectivity index (χ1n) is 8.47. The lowest BCUT2D eigenvalue weighted by Crippen LogP contribution is -2.54. The van der Waals surface area contributed by atoms with Gasteiger partial charge in [0.25, 0.3) is 10.2 Å². The van der Waals surface area contributed by atoms with Gasteiger partial charge in [-0.15, -0.1) is 0 Å². The molecule has 0 aromatic heterocycles. The van der Waals surface area contributed by atoms with Gasteiger partial charge in [-0.1, -0.05) is 26.7 Å². The second kappa shape index (κ2) is 7.40. The summed E-state index contributed by atoms with van der Waals surface area (Å²) < 4.78 is 29.5. The zero-order chi connectivity index (χ0) is 15.5. The molecule has 1 heterocycles. The van der Waals surface area contributed by atoms with Gasteiger partial charge in [0.1, 0.15) is 0 Å². The molecule has 1 aliphatic carbocycles. The first kappa shape index (κ1) is 17.2. The molecule has 124 valence electrons. The zero-order valence-corrected chi connectivity index (χ0v) is 14.3. The molecule has 0 aromatic carbocycles. The molecule has 0 radical (unpaired) electrons. The van der Waals surface area contributed by atoms with Crippen molar-refractivity contribution in [3.05, 3.63) is 0 Å². The van der Waals surface area contributed by atoms with Crippen molar-refractivity contribution in [3.8, 4) is 0 Å². The van der Waals surface area contributed by atoms with Crippen LogP contribution in [-0.4, -0.2) is 49.2 Å². The van der Waals surface area contributed by atoms with E-state index in [0.717, 1.165) is 32.1 Å². The normalized spacial score (nSPS) is 32.5. The van der Waals surface area contributed by atoms with E-state index in [1.165, 1.54) is 6.42 Å². The molecule has 0 spiro atoms. The Morgan fingerprint density at radius 2 is 1.90 bits per heavy atom. The standard InChI is InChI=1S/C15H31N3O2S/c1-3-18(15-9-5-4-8-14(15)11-16)21(19,20)17-10-6-7-13(2)12-17/h13-15H,3-12,16H2,1-2H3. The molecule has 3 atom stereocenters. The number of nitrogens with two attached hydrogens (primary N) is 1. The lowest BCUT2D eigenvalue weighted by Gasteiger charge is -2.41. The van der Waals surface area contributed by atoms with Crippen LogP contribution in [0, 0.1) is 11.8 Å². The van der Waals surface area contributed by atoms with E-state index in [2.05, 4.69) is 6.92 Å². The van der Waals surface area contributed by atoms with Gasteiger partial charge in [-0.05, 0) is 44.1 Å². The van der Waals surface area contributed by atoms with Gasteiger partial charge in [-0.25, -0.2) is 0 Å². The summed E-state index contributed by atoms with van der Waals surface area (Å²) in [5, 5.41) is 0. The molecular formula is C15H31N3O2S. The third-order valence-corrected chi connectivity index (χ3v) is 7.20. The van der Waals surface area contributed by atoms with Gasteiger partial charge in [-0.3, -0.25) is 0 Å². The third kappa shape index (κ3) is 3.78.